The van der Waals surface area contributed by atoms with Gasteiger partial charge in [-0.15, -0.1) is 11.3 Å². The number of nitrogens with one attached hydrogen (secondary N) is 1. The molecule has 1 aromatic heterocycles. The predicted octanol–water partition coefficient (Wildman–Crippen LogP) is 3.92. The van der Waals surface area contributed by atoms with Gasteiger partial charge in [0.05, 0.1) is 22.1 Å². The number of hydrogen-bond acceptors (Lipinski definition) is 6. The van der Waals surface area contributed by atoms with E-state index in [-0.39, 0.29) is 11.5 Å². The molecule has 0 amide bonds. The lowest BCUT2D eigenvalue weighted by Gasteiger charge is -2.09. The van der Waals surface area contributed by atoms with Crippen molar-refractivity contribution in [2.24, 2.45) is 5.10 Å². The fourth-order valence-electron chi connectivity index (χ4n) is 2.26. The van der Waals surface area contributed by atoms with Gasteiger partial charge in [0.1, 0.15) is 11.5 Å². The lowest BCUT2D eigenvalue weighted by molar-refractivity contribution is 0.450. The van der Waals surface area contributed by atoms with E-state index in [1.807, 2.05) is 42.6 Å². The van der Waals surface area contributed by atoms with Gasteiger partial charge in [-0.25, -0.2) is 4.98 Å². The van der Waals surface area contributed by atoms with E-state index < -0.39 is 0 Å². The molecule has 0 saturated carbocycles. The minimum absolute atomic E-state index is 0.0103. The molecule has 6 heteroatoms. The number of hydrazone groups is 1. The van der Waals surface area contributed by atoms with Gasteiger partial charge in [0, 0.05) is 23.4 Å². The third-order valence-corrected chi connectivity index (χ3v) is 4.22. The summed E-state index contributed by atoms with van der Waals surface area (Å²) in [4.78, 5) is 4.46. The summed E-state index contributed by atoms with van der Waals surface area (Å²) in [6.07, 6.45) is 0.475. The topological polar surface area (TPSA) is 77.7 Å². The molecule has 0 fully saturated rings. The van der Waals surface area contributed by atoms with Gasteiger partial charge in [-0.3, -0.25) is 5.43 Å². The summed E-state index contributed by atoms with van der Waals surface area (Å²) in [5.74, 6) is -0.00770. The van der Waals surface area contributed by atoms with Crippen molar-refractivity contribution in [1.29, 1.82) is 0 Å². The molecule has 24 heavy (non-hydrogen) atoms. The van der Waals surface area contributed by atoms with Crippen LogP contribution in [0.4, 0.5) is 5.69 Å². The number of benzene rings is 2. The molecule has 5 nitrogen and oxygen atoms in total. The van der Waals surface area contributed by atoms with Gasteiger partial charge < -0.3 is 10.2 Å². The number of nitrogens with zero attached hydrogens (tertiary/aromatic N) is 2. The number of rotatable bonds is 5. The third kappa shape index (κ3) is 3.91. The first-order valence-corrected chi connectivity index (χ1v) is 8.31. The number of aromatic nitrogens is 1. The molecule has 0 bridgehead atoms. The number of aromatic hydroxyl groups is 2. The minimum atomic E-state index is -0.0180. The second-order valence-electron chi connectivity index (χ2n) is 5.27. The first kappa shape index (κ1) is 16.0. The Morgan fingerprint density at radius 1 is 1.17 bits per heavy atom. The van der Waals surface area contributed by atoms with Crippen LogP contribution in [0.3, 0.4) is 0 Å². The lowest BCUT2D eigenvalue weighted by atomic mass is 10.0. The Morgan fingerprint density at radius 2 is 1.96 bits per heavy atom. The van der Waals surface area contributed by atoms with Gasteiger partial charge in [0.2, 0.25) is 0 Å². The molecule has 0 spiro atoms. The zero-order valence-corrected chi connectivity index (χ0v) is 13.9. The standard InChI is InChI=1S/C18H17N3O2S/c1-12-19-14(11-24-12)9-17(16-8-7-15(22)10-18(16)23)21-20-13-5-3-2-4-6-13/h2-8,10-11,20,22-23H,9H2,1H3/b21-17-. The van der Waals surface area contributed by atoms with Gasteiger partial charge in [0.15, 0.2) is 0 Å². The van der Waals surface area contributed by atoms with Gasteiger partial charge in [-0.1, -0.05) is 18.2 Å². The molecule has 3 N–H and O–H groups in total. The normalized spacial score (nSPS) is 11.5. The Hall–Kier alpha value is -2.86. The highest BCUT2D eigenvalue weighted by Gasteiger charge is 2.13. The van der Waals surface area contributed by atoms with Crippen LogP contribution in [0.2, 0.25) is 0 Å². The summed E-state index contributed by atoms with van der Waals surface area (Å²) in [6, 6.07) is 14.1. The third-order valence-electron chi connectivity index (χ3n) is 3.40. The van der Waals surface area contributed by atoms with Crippen LogP contribution in [0.5, 0.6) is 11.5 Å². The smallest absolute Gasteiger partial charge is 0.128 e. The number of phenols is 2. The molecule has 0 radical (unpaired) electrons. The number of para-hydroxylation sites is 1. The Kier molecular flexibility index (Phi) is 4.77. The number of hydrogen-bond donors (Lipinski definition) is 3. The van der Waals surface area contributed by atoms with Gasteiger partial charge in [-0.2, -0.15) is 5.10 Å². The maximum Gasteiger partial charge on any atom is 0.128 e. The van der Waals surface area contributed by atoms with Crippen LogP contribution in [-0.4, -0.2) is 20.9 Å². The number of anilines is 1. The van der Waals surface area contributed by atoms with Crippen molar-refractivity contribution >= 4 is 22.7 Å². The van der Waals surface area contributed by atoms with Crippen molar-refractivity contribution in [1.82, 2.24) is 4.98 Å². The first-order valence-electron chi connectivity index (χ1n) is 7.43. The highest BCUT2D eigenvalue weighted by atomic mass is 32.1. The second-order valence-corrected chi connectivity index (χ2v) is 6.33. The van der Waals surface area contributed by atoms with E-state index >= 15 is 0 Å². The Balaban J connectivity index is 1.93. The van der Waals surface area contributed by atoms with Crippen LogP contribution in [0.25, 0.3) is 0 Å². The second kappa shape index (κ2) is 7.14. The molecule has 0 aliphatic carbocycles. The van der Waals surface area contributed by atoms with Crippen molar-refractivity contribution < 1.29 is 10.2 Å². The monoisotopic (exact) mass is 339 g/mol. The van der Waals surface area contributed by atoms with Crippen LogP contribution in [0.15, 0.2) is 59.0 Å². The maximum atomic E-state index is 10.2. The number of aryl methyl sites for hydroxylation is 1. The lowest BCUT2D eigenvalue weighted by Crippen LogP contribution is -2.09. The Labute approximate surface area is 144 Å². The SMILES string of the molecule is Cc1nc(C/C(=N/Nc2ccccc2)c2ccc(O)cc2O)cs1. The number of thiazole rings is 1. The first-order chi connectivity index (χ1) is 11.6. The molecular formula is C18H17N3O2S. The molecular weight excluding hydrogens is 322 g/mol. The Bertz CT molecular complexity index is 860. The van der Waals surface area contributed by atoms with Crippen LogP contribution < -0.4 is 5.43 Å². The molecule has 0 unspecified atom stereocenters. The summed E-state index contributed by atoms with van der Waals surface area (Å²) in [7, 11) is 0. The summed E-state index contributed by atoms with van der Waals surface area (Å²) < 4.78 is 0. The van der Waals surface area contributed by atoms with Crippen molar-refractivity contribution in [3.05, 3.63) is 70.2 Å². The van der Waals surface area contributed by atoms with Gasteiger partial charge in [0.25, 0.3) is 0 Å². The van der Waals surface area contributed by atoms with Crippen molar-refractivity contribution in [3.8, 4) is 11.5 Å². The highest BCUT2D eigenvalue weighted by Crippen LogP contribution is 2.25. The minimum Gasteiger partial charge on any atom is -0.508 e. The highest BCUT2D eigenvalue weighted by molar-refractivity contribution is 7.09. The maximum absolute atomic E-state index is 10.2. The van der Waals surface area contributed by atoms with E-state index in [1.165, 1.54) is 12.1 Å². The van der Waals surface area contributed by atoms with Crippen LogP contribution in [0, 0.1) is 6.92 Å². The zero-order valence-electron chi connectivity index (χ0n) is 13.1. The fourth-order valence-corrected chi connectivity index (χ4v) is 2.88. The van der Waals surface area contributed by atoms with Crippen molar-refractivity contribution in [2.45, 2.75) is 13.3 Å². The fraction of sp³-hybridized carbons (Fsp3) is 0.111. The summed E-state index contributed by atoms with van der Waals surface area (Å²) in [6.45, 7) is 1.95. The van der Waals surface area contributed by atoms with E-state index in [2.05, 4.69) is 15.5 Å². The summed E-state index contributed by atoms with van der Waals surface area (Å²) >= 11 is 1.57. The average Bonchev–Trinajstić information content (AvgIpc) is 2.98. The van der Waals surface area contributed by atoms with Crippen molar-refractivity contribution in [3.63, 3.8) is 0 Å². The predicted molar refractivity (Wildman–Crippen MR) is 96.9 cm³/mol. The van der Waals surface area contributed by atoms with Crippen LogP contribution in [-0.2, 0) is 6.42 Å². The van der Waals surface area contributed by atoms with E-state index in [0.717, 1.165) is 16.4 Å². The summed E-state index contributed by atoms with van der Waals surface area (Å²) in [5, 5.41) is 27.1. The van der Waals surface area contributed by atoms with E-state index in [1.54, 1.807) is 17.4 Å². The van der Waals surface area contributed by atoms with E-state index in [4.69, 9.17) is 0 Å². The average molecular weight is 339 g/mol. The molecule has 3 aromatic rings. The molecule has 122 valence electrons. The molecule has 0 saturated heterocycles. The largest absolute Gasteiger partial charge is 0.508 e. The van der Waals surface area contributed by atoms with Gasteiger partial charge >= 0.3 is 0 Å². The zero-order chi connectivity index (χ0) is 16.9. The van der Waals surface area contributed by atoms with Crippen LogP contribution in [0.1, 0.15) is 16.3 Å². The molecule has 3 rings (SSSR count). The molecule has 2 aromatic carbocycles. The van der Waals surface area contributed by atoms with E-state index in [9.17, 15) is 10.2 Å². The van der Waals surface area contributed by atoms with Crippen LogP contribution >= 0.6 is 11.3 Å². The molecule has 1 heterocycles. The number of phenolic OH excluding ortho intramolecular Hbond substituents is 2. The van der Waals surface area contributed by atoms with Crippen molar-refractivity contribution in [2.75, 3.05) is 5.43 Å². The van der Waals surface area contributed by atoms with Gasteiger partial charge in [-0.05, 0) is 31.2 Å². The Morgan fingerprint density at radius 3 is 2.62 bits per heavy atom. The summed E-state index contributed by atoms with van der Waals surface area (Å²) in [5.41, 5.74) is 5.94. The molecule has 0 aliphatic heterocycles. The quantitative estimate of drug-likeness (QED) is 0.486. The molecule has 0 aliphatic rings. The van der Waals surface area contributed by atoms with E-state index in [0.29, 0.717) is 17.7 Å². The molecule has 0 atom stereocenters.